The second-order valence-electron chi connectivity index (χ2n) is 4.80. The highest BCUT2D eigenvalue weighted by Crippen LogP contribution is 2.28. The van der Waals surface area contributed by atoms with Crippen molar-refractivity contribution in [1.29, 1.82) is 0 Å². The maximum absolute atomic E-state index is 5.85. The molecule has 0 aliphatic rings. The summed E-state index contributed by atoms with van der Waals surface area (Å²) < 4.78 is 0. The number of para-hydroxylation sites is 1. The number of hydrogen-bond acceptors (Lipinski definition) is 3. The Kier molecular flexibility index (Phi) is 3.61. The minimum Gasteiger partial charge on any atom is -0.399 e. The number of aryl methyl sites for hydroxylation is 1. The van der Waals surface area contributed by atoms with Crippen molar-refractivity contribution in [2.45, 2.75) is 17.6 Å². The number of thioether (sulfide) groups is 1. The summed E-state index contributed by atoms with van der Waals surface area (Å²) in [5.74, 6) is 0.914. The molecule has 0 radical (unpaired) electrons. The molecule has 2 aromatic carbocycles. The number of fused-ring (bicyclic) bond motifs is 1. The van der Waals surface area contributed by atoms with E-state index in [4.69, 9.17) is 5.73 Å². The van der Waals surface area contributed by atoms with Crippen molar-refractivity contribution in [3.63, 3.8) is 0 Å². The molecule has 1 aromatic heterocycles. The molecule has 2 nitrogen and oxygen atoms in total. The molecule has 0 bridgehead atoms. The molecule has 0 atom stereocenters. The third kappa shape index (κ3) is 2.63. The molecule has 3 rings (SSSR count). The molecule has 0 amide bonds. The van der Waals surface area contributed by atoms with Gasteiger partial charge in [0.05, 0.1) is 5.52 Å². The van der Waals surface area contributed by atoms with E-state index in [-0.39, 0.29) is 0 Å². The van der Waals surface area contributed by atoms with E-state index in [0.29, 0.717) is 0 Å². The third-order valence-corrected chi connectivity index (χ3v) is 4.39. The molecule has 2 N–H and O–H groups in total. The van der Waals surface area contributed by atoms with Crippen LogP contribution in [0.1, 0.15) is 11.1 Å². The van der Waals surface area contributed by atoms with E-state index in [1.54, 1.807) is 0 Å². The predicted octanol–water partition coefficient (Wildman–Crippen LogP) is 4.42. The minimum absolute atomic E-state index is 0.848. The maximum Gasteiger partial charge on any atom is 0.0742 e. The number of anilines is 1. The van der Waals surface area contributed by atoms with E-state index in [0.717, 1.165) is 22.5 Å². The van der Waals surface area contributed by atoms with Crippen LogP contribution in [-0.2, 0) is 5.75 Å². The Morgan fingerprint density at radius 3 is 2.80 bits per heavy atom. The molecule has 0 fully saturated rings. The Morgan fingerprint density at radius 2 is 1.95 bits per heavy atom. The summed E-state index contributed by atoms with van der Waals surface area (Å²) in [5.41, 5.74) is 10.2. The van der Waals surface area contributed by atoms with Crippen molar-refractivity contribution in [2.24, 2.45) is 0 Å². The van der Waals surface area contributed by atoms with E-state index in [2.05, 4.69) is 41.4 Å². The molecular weight excluding hydrogens is 264 g/mol. The lowest BCUT2D eigenvalue weighted by molar-refractivity contribution is 1.32. The van der Waals surface area contributed by atoms with Crippen LogP contribution in [0.25, 0.3) is 10.9 Å². The molecule has 20 heavy (non-hydrogen) atoms. The molecular formula is C17H16N2S. The van der Waals surface area contributed by atoms with E-state index in [1.807, 2.05) is 37.0 Å². The van der Waals surface area contributed by atoms with Gasteiger partial charge in [0.25, 0.3) is 0 Å². The molecule has 3 aromatic rings. The van der Waals surface area contributed by atoms with Crippen LogP contribution in [0.5, 0.6) is 0 Å². The molecule has 0 aliphatic heterocycles. The highest BCUT2D eigenvalue weighted by molar-refractivity contribution is 7.98. The van der Waals surface area contributed by atoms with Crippen LogP contribution in [0.4, 0.5) is 5.69 Å². The summed E-state index contributed by atoms with van der Waals surface area (Å²) >= 11 is 1.82. The van der Waals surface area contributed by atoms with Gasteiger partial charge in [0.2, 0.25) is 0 Å². The van der Waals surface area contributed by atoms with Crippen molar-refractivity contribution in [3.05, 3.63) is 65.9 Å². The first-order chi connectivity index (χ1) is 9.74. The van der Waals surface area contributed by atoms with Crippen LogP contribution >= 0.6 is 11.8 Å². The van der Waals surface area contributed by atoms with Gasteiger partial charge in [0.15, 0.2) is 0 Å². The van der Waals surface area contributed by atoms with Crippen molar-refractivity contribution in [2.75, 3.05) is 5.73 Å². The lowest BCUT2D eigenvalue weighted by Gasteiger charge is -2.07. The molecule has 100 valence electrons. The topological polar surface area (TPSA) is 38.9 Å². The van der Waals surface area contributed by atoms with Crippen LogP contribution in [0, 0.1) is 6.92 Å². The van der Waals surface area contributed by atoms with Crippen LogP contribution in [0.15, 0.2) is 59.6 Å². The lowest BCUT2D eigenvalue weighted by atomic mass is 10.1. The zero-order chi connectivity index (χ0) is 13.9. The molecule has 0 aliphatic carbocycles. The SMILES string of the molecule is Cc1cc(SCc2cccc3cccnc23)ccc1N. The quantitative estimate of drug-likeness (QED) is 0.570. The predicted molar refractivity (Wildman–Crippen MR) is 86.9 cm³/mol. The Labute approximate surface area is 123 Å². The number of rotatable bonds is 3. The smallest absolute Gasteiger partial charge is 0.0742 e. The van der Waals surface area contributed by atoms with Gasteiger partial charge in [0.1, 0.15) is 0 Å². The second-order valence-corrected chi connectivity index (χ2v) is 5.85. The average Bonchev–Trinajstić information content (AvgIpc) is 2.48. The van der Waals surface area contributed by atoms with Gasteiger partial charge in [-0.3, -0.25) is 4.98 Å². The van der Waals surface area contributed by atoms with Crippen molar-refractivity contribution in [3.8, 4) is 0 Å². The summed E-state index contributed by atoms with van der Waals surface area (Å²) in [6.45, 7) is 2.04. The normalized spacial score (nSPS) is 10.8. The number of nitrogens with zero attached hydrogens (tertiary/aromatic N) is 1. The fourth-order valence-electron chi connectivity index (χ4n) is 2.18. The van der Waals surface area contributed by atoms with Gasteiger partial charge in [-0.25, -0.2) is 0 Å². The number of aromatic nitrogens is 1. The van der Waals surface area contributed by atoms with E-state index in [1.165, 1.54) is 15.8 Å². The van der Waals surface area contributed by atoms with Crippen LogP contribution in [0.3, 0.4) is 0 Å². The number of benzene rings is 2. The Bertz CT molecular complexity index is 748. The molecule has 0 saturated heterocycles. The van der Waals surface area contributed by atoms with E-state index in [9.17, 15) is 0 Å². The van der Waals surface area contributed by atoms with Gasteiger partial charge in [-0.1, -0.05) is 24.3 Å². The Hall–Kier alpha value is -2.00. The fourth-order valence-corrected chi connectivity index (χ4v) is 3.16. The van der Waals surface area contributed by atoms with E-state index >= 15 is 0 Å². The van der Waals surface area contributed by atoms with Gasteiger partial charge in [0, 0.05) is 27.9 Å². The van der Waals surface area contributed by atoms with Crippen LogP contribution in [0.2, 0.25) is 0 Å². The summed E-state index contributed by atoms with van der Waals surface area (Å²) in [6, 6.07) is 16.6. The zero-order valence-corrected chi connectivity index (χ0v) is 12.2. The average molecular weight is 280 g/mol. The lowest BCUT2D eigenvalue weighted by Crippen LogP contribution is -1.90. The second kappa shape index (κ2) is 5.55. The van der Waals surface area contributed by atoms with Crippen molar-refractivity contribution in [1.82, 2.24) is 4.98 Å². The molecule has 3 heteroatoms. The number of pyridine rings is 1. The summed E-state index contributed by atoms with van der Waals surface area (Å²) in [6.07, 6.45) is 1.85. The minimum atomic E-state index is 0.848. The molecule has 0 unspecified atom stereocenters. The monoisotopic (exact) mass is 280 g/mol. The molecule has 0 spiro atoms. The highest BCUT2D eigenvalue weighted by atomic mass is 32.2. The standard InChI is InChI=1S/C17H16N2S/c1-12-10-15(7-8-16(12)18)20-11-14-5-2-4-13-6-3-9-19-17(13)14/h2-10H,11,18H2,1H3. The van der Waals surface area contributed by atoms with Crippen molar-refractivity contribution < 1.29 is 0 Å². The number of nitrogens with two attached hydrogens (primary N) is 1. The van der Waals surface area contributed by atoms with E-state index < -0.39 is 0 Å². The third-order valence-electron chi connectivity index (χ3n) is 3.35. The summed E-state index contributed by atoms with van der Waals surface area (Å²) in [4.78, 5) is 5.73. The Balaban J connectivity index is 1.85. The van der Waals surface area contributed by atoms with Gasteiger partial charge >= 0.3 is 0 Å². The highest BCUT2D eigenvalue weighted by Gasteiger charge is 2.03. The summed E-state index contributed by atoms with van der Waals surface area (Å²) in [7, 11) is 0. The first kappa shape index (κ1) is 13.0. The number of hydrogen-bond donors (Lipinski definition) is 1. The van der Waals surface area contributed by atoms with Gasteiger partial charge < -0.3 is 5.73 Å². The zero-order valence-electron chi connectivity index (χ0n) is 11.3. The van der Waals surface area contributed by atoms with Gasteiger partial charge in [-0.2, -0.15) is 0 Å². The van der Waals surface area contributed by atoms with Gasteiger partial charge in [-0.15, -0.1) is 11.8 Å². The Morgan fingerprint density at radius 1 is 1.10 bits per heavy atom. The van der Waals surface area contributed by atoms with Gasteiger partial charge in [-0.05, 0) is 42.3 Å². The van der Waals surface area contributed by atoms with Crippen LogP contribution < -0.4 is 5.73 Å². The number of nitrogen functional groups attached to an aromatic ring is 1. The first-order valence-electron chi connectivity index (χ1n) is 6.55. The molecule has 0 saturated carbocycles. The largest absolute Gasteiger partial charge is 0.399 e. The summed E-state index contributed by atoms with van der Waals surface area (Å²) in [5, 5.41) is 1.19. The maximum atomic E-state index is 5.85. The fraction of sp³-hybridized carbons (Fsp3) is 0.118. The van der Waals surface area contributed by atoms with Crippen molar-refractivity contribution >= 4 is 28.4 Å². The first-order valence-corrected chi connectivity index (χ1v) is 7.54. The van der Waals surface area contributed by atoms with Crippen LogP contribution in [-0.4, -0.2) is 4.98 Å². The molecule has 1 heterocycles.